The number of aromatic carboxylic acids is 1. The Hall–Kier alpha value is -3.27. The van der Waals surface area contributed by atoms with Gasteiger partial charge in [0.1, 0.15) is 16.4 Å². The quantitative estimate of drug-likeness (QED) is 0.491. The van der Waals surface area contributed by atoms with Crippen LogP contribution in [0.25, 0.3) is 11.0 Å². The highest BCUT2D eigenvalue weighted by molar-refractivity contribution is 7.90. The van der Waals surface area contributed by atoms with E-state index >= 15 is 0 Å². The molecule has 2 fully saturated rings. The monoisotopic (exact) mass is 514 g/mol. The van der Waals surface area contributed by atoms with Crippen molar-refractivity contribution in [3.63, 3.8) is 0 Å². The summed E-state index contributed by atoms with van der Waals surface area (Å²) in [6.07, 6.45) is 8.95. The van der Waals surface area contributed by atoms with Crippen molar-refractivity contribution in [2.75, 3.05) is 7.11 Å². The van der Waals surface area contributed by atoms with Gasteiger partial charge in [-0.25, -0.2) is 18.0 Å². The first-order valence-electron chi connectivity index (χ1n) is 12.4. The van der Waals surface area contributed by atoms with E-state index in [0.29, 0.717) is 11.3 Å². The van der Waals surface area contributed by atoms with Crippen molar-refractivity contribution in [2.24, 2.45) is 0 Å². The highest BCUT2D eigenvalue weighted by Crippen LogP contribution is 2.35. The van der Waals surface area contributed by atoms with E-state index in [2.05, 4.69) is 0 Å². The number of carbonyl (C=O) groups is 1. The number of methoxy groups -OCH3 is 1. The van der Waals surface area contributed by atoms with Crippen LogP contribution in [0.2, 0.25) is 0 Å². The Morgan fingerprint density at radius 2 is 1.64 bits per heavy atom. The second kappa shape index (κ2) is 9.65. The highest BCUT2D eigenvalue weighted by atomic mass is 32.2. The van der Waals surface area contributed by atoms with Gasteiger partial charge < -0.3 is 14.6 Å². The zero-order valence-electron chi connectivity index (χ0n) is 20.2. The molecule has 0 bridgehead atoms. The van der Waals surface area contributed by atoms with Crippen LogP contribution in [0.1, 0.15) is 74.2 Å². The molecule has 10 heteroatoms. The lowest BCUT2D eigenvalue weighted by molar-refractivity contribution is 0.0696. The molecule has 0 saturated heterocycles. The van der Waals surface area contributed by atoms with Gasteiger partial charge in [-0.1, -0.05) is 19.3 Å². The van der Waals surface area contributed by atoms with Gasteiger partial charge in [0.15, 0.2) is 0 Å². The van der Waals surface area contributed by atoms with Gasteiger partial charge in [-0.2, -0.15) is 3.97 Å². The van der Waals surface area contributed by atoms with Gasteiger partial charge in [-0.3, -0.25) is 4.57 Å². The molecule has 0 aliphatic heterocycles. The first-order chi connectivity index (χ1) is 17.3. The molecule has 2 saturated carbocycles. The molecule has 192 valence electrons. The SMILES string of the molecule is COc1cc(C(=O)O)ccc1S(=O)(=O)n1c(=O)n(C2CCCCC2)c2cc(OC3CCCC3)ccc21. The minimum Gasteiger partial charge on any atom is -0.495 e. The van der Waals surface area contributed by atoms with Crippen LogP contribution in [-0.4, -0.2) is 41.2 Å². The van der Waals surface area contributed by atoms with Crippen molar-refractivity contribution in [3.8, 4) is 11.5 Å². The summed E-state index contributed by atoms with van der Waals surface area (Å²) in [5, 5.41) is 9.30. The predicted octanol–water partition coefficient (Wildman–Crippen LogP) is 4.57. The molecule has 1 heterocycles. The van der Waals surface area contributed by atoms with E-state index in [4.69, 9.17) is 9.47 Å². The fraction of sp³-hybridized carbons (Fsp3) is 0.462. The molecule has 2 aliphatic carbocycles. The third-order valence-electron chi connectivity index (χ3n) is 7.28. The summed E-state index contributed by atoms with van der Waals surface area (Å²) in [6.45, 7) is 0. The van der Waals surface area contributed by atoms with E-state index in [1.165, 1.54) is 19.2 Å². The number of hydrogen-bond acceptors (Lipinski definition) is 6. The number of benzene rings is 2. The largest absolute Gasteiger partial charge is 0.495 e. The van der Waals surface area contributed by atoms with Gasteiger partial charge in [0.25, 0.3) is 10.0 Å². The zero-order chi connectivity index (χ0) is 25.4. The summed E-state index contributed by atoms with van der Waals surface area (Å²) < 4.78 is 41.6. The Morgan fingerprint density at radius 3 is 2.31 bits per heavy atom. The van der Waals surface area contributed by atoms with Gasteiger partial charge in [0.05, 0.1) is 29.8 Å². The van der Waals surface area contributed by atoms with E-state index in [1.54, 1.807) is 22.8 Å². The van der Waals surface area contributed by atoms with Crippen molar-refractivity contribution in [1.82, 2.24) is 8.54 Å². The molecular weight excluding hydrogens is 484 g/mol. The van der Waals surface area contributed by atoms with Gasteiger partial charge in [-0.15, -0.1) is 0 Å². The highest BCUT2D eigenvalue weighted by Gasteiger charge is 2.31. The topological polar surface area (TPSA) is 117 Å². The van der Waals surface area contributed by atoms with Crippen LogP contribution in [0.15, 0.2) is 46.1 Å². The standard InChI is InChI=1S/C26H30N2O7S/c1-34-23-15-17(25(29)30)11-14-24(23)36(32,33)28-21-13-12-20(35-19-9-5-6-10-19)16-22(21)27(26(28)31)18-7-3-2-4-8-18/h11-16,18-19H,2-10H2,1H3,(H,29,30). The summed E-state index contributed by atoms with van der Waals surface area (Å²) in [4.78, 5) is 24.9. The number of rotatable bonds is 7. The van der Waals surface area contributed by atoms with Crippen molar-refractivity contribution < 1.29 is 27.8 Å². The lowest BCUT2D eigenvalue weighted by atomic mass is 9.95. The van der Waals surface area contributed by atoms with Crippen LogP contribution in [0.3, 0.4) is 0 Å². The van der Waals surface area contributed by atoms with E-state index in [0.717, 1.165) is 67.8 Å². The Morgan fingerprint density at radius 1 is 0.944 bits per heavy atom. The summed E-state index contributed by atoms with van der Waals surface area (Å²) >= 11 is 0. The Balaban J connectivity index is 1.69. The van der Waals surface area contributed by atoms with Gasteiger partial charge >= 0.3 is 11.7 Å². The molecule has 0 radical (unpaired) electrons. The second-order valence-electron chi connectivity index (χ2n) is 9.56. The summed E-state index contributed by atoms with van der Waals surface area (Å²) in [6, 6.07) is 8.51. The Bertz CT molecular complexity index is 1460. The molecule has 9 nitrogen and oxygen atoms in total. The van der Waals surface area contributed by atoms with Crippen LogP contribution in [0.5, 0.6) is 11.5 Å². The molecule has 0 amide bonds. The number of aromatic nitrogens is 2. The predicted molar refractivity (Wildman–Crippen MR) is 134 cm³/mol. The molecular formula is C26H30N2O7S. The third kappa shape index (κ3) is 4.27. The minimum atomic E-state index is -4.41. The smallest absolute Gasteiger partial charge is 0.343 e. The van der Waals surface area contributed by atoms with Gasteiger partial charge in [-0.05, 0) is 68.9 Å². The van der Waals surface area contributed by atoms with Gasteiger partial charge in [0.2, 0.25) is 0 Å². The molecule has 1 aromatic heterocycles. The zero-order valence-corrected chi connectivity index (χ0v) is 21.0. The van der Waals surface area contributed by atoms with E-state index in [-0.39, 0.29) is 33.9 Å². The molecule has 36 heavy (non-hydrogen) atoms. The van der Waals surface area contributed by atoms with Gasteiger partial charge in [0, 0.05) is 12.1 Å². The number of hydrogen-bond donors (Lipinski definition) is 1. The number of imidazole rings is 1. The summed E-state index contributed by atoms with van der Waals surface area (Å²) in [5.41, 5.74) is 0.0246. The third-order valence-corrected chi connectivity index (χ3v) is 9.01. The molecule has 0 atom stereocenters. The fourth-order valence-electron chi connectivity index (χ4n) is 5.48. The van der Waals surface area contributed by atoms with Crippen LogP contribution in [-0.2, 0) is 10.0 Å². The first kappa shape index (κ1) is 24.4. The normalized spacial score (nSPS) is 17.5. The van der Waals surface area contributed by atoms with Crippen LogP contribution >= 0.6 is 0 Å². The molecule has 0 unspecified atom stereocenters. The number of nitrogens with zero attached hydrogens (tertiary/aromatic N) is 2. The molecule has 2 aliphatic rings. The van der Waals surface area contributed by atoms with Crippen molar-refractivity contribution in [3.05, 3.63) is 52.4 Å². The number of carboxylic acid groups (broad SMARTS) is 1. The van der Waals surface area contributed by atoms with Crippen molar-refractivity contribution in [1.29, 1.82) is 0 Å². The van der Waals surface area contributed by atoms with Crippen molar-refractivity contribution >= 4 is 27.0 Å². The van der Waals surface area contributed by atoms with E-state index in [1.807, 2.05) is 0 Å². The molecule has 3 aromatic rings. The van der Waals surface area contributed by atoms with Crippen molar-refractivity contribution in [2.45, 2.75) is 74.8 Å². The fourth-order valence-corrected chi connectivity index (χ4v) is 7.02. The maximum absolute atomic E-state index is 13.9. The summed E-state index contributed by atoms with van der Waals surface area (Å²) in [7, 11) is -3.15. The maximum Gasteiger partial charge on any atom is 0.343 e. The molecule has 5 rings (SSSR count). The van der Waals surface area contributed by atoms with Crippen LogP contribution in [0.4, 0.5) is 0 Å². The lowest BCUT2D eigenvalue weighted by Gasteiger charge is -2.23. The summed E-state index contributed by atoms with van der Waals surface area (Å²) in [5.74, 6) is -0.725. The maximum atomic E-state index is 13.9. The second-order valence-corrected chi connectivity index (χ2v) is 11.3. The molecule has 1 N–H and O–H groups in total. The lowest BCUT2D eigenvalue weighted by Crippen LogP contribution is -2.32. The molecule has 0 spiro atoms. The average Bonchev–Trinajstić information content (AvgIpc) is 3.49. The van der Waals surface area contributed by atoms with Crippen LogP contribution in [0, 0.1) is 0 Å². The number of fused-ring (bicyclic) bond motifs is 1. The Labute approximate surface area is 209 Å². The van der Waals surface area contributed by atoms with E-state index < -0.39 is 21.7 Å². The number of ether oxygens (including phenoxy) is 2. The minimum absolute atomic E-state index is 0.108. The number of carboxylic acids is 1. The molecule has 2 aromatic carbocycles. The Kier molecular flexibility index (Phi) is 6.55. The van der Waals surface area contributed by atoms with Crippen LogP contribution < -0.4 is 15.2 Å². The average molecular weight is 515 g/mol. The van der Waals surface area contributed by atoms with E-state index in [9.17, 15) is 23.1 Å². The first-order valence-corrected chi connectivity index (χ1v) is 13.9.